The Hall–Kier alpha value is -2.58. The fraction of sp³-hybridized carbons (Fsp3) is 0.625. The number of carbonyl (C=O) groups is 1. The number of nitrogens with zero attached hydrogens (tertiary/aromatic N) is 6. The lowest BCUT2D eigenvalue weighted by Gasteiger charge is -2.40. The van der Waals surface area contributed by atoms with Crippen molar-refractivity contribution in [2.45, 2.75) is 39.3 Å². The normalized spacial score (nSPS) is 18.7. The van der Waals surface area contributed by atoms with Gasteiger partial charge in [-0.2, -0.15) is 15.1 Å². The van der Waals surface area contributed by atoms with E-state index in [-0.39, 0.29) is 18.1 Å². The molecule has 0 radical (unpaired) electrons. The zero-order valence-electron chi connectivity index (χ0n) is 15.4. The molecular formula is C16H25N7O2. The molecule has 0 unspecified atom stereocenters. The summed E-state index contributed by atoms with van der Waals surface area (Å²) < 4.78 is 7.15. The number of carbonyl (C=O) groups excluding carboxylic acids is 1. The van der Waals surface area contributed by atoms with Crippen LogP contribution in [0.5, 0.6) is 0 Å². The molecule has 9 nitrogen and oxygen atoms in total. The predicted molar refractivity (Wildman–Crippen MR) is 95.3 cm³/mol. The van der Waals surface area contributed by atoms with Gasteiger partial charge in [0.2, 0.25) is 5.95 Å². The number of anilines is 2. The molecule has 1 aliphatic heterocycles. The van der Waals surface area contributed by atoms with Crippen molar-refractivity contribution in [3.63, 3.8) is 0 Å². The summed E-state index contributed by atoms with van der Waals surface area (Å²) in [5, 5.41) is 5.10. The number of ether oxygens (including phenoxy) is 1. The molecule has 1 atom stereocenters. The SMILES string of the molecule is C[C@H]1CN(C(=O)OC(C)(C)C)CCN1c1nc(N)nc2c1cnn2C. The molecule has 0 aliphatic carbocycles. The Morgan fingerprint density at radius 2 is 2.04 bits per heavy atom. The lowest BCUT2D eigenvalue weighted by Crippen LogP contribution is -2.54. The molecule has 2 aromatic heterocycles. The van der Waals surface area contributed by atoms with Crippen molar-refractivity contribution in [2.24, 2.45) is 7.05 Å². The van der Waals surface area contributed by atoms with Gasteiger partial charge in [-0.05, 0) is 27.7 Å². The molecule has 2 N–H and O–H groups in total. The Morgan fingerprint density at radius 3 is 2.68 bits per heavy atom. The molecule has 0 saturated carbocycles. The predicted octanol–water partition coefficient (Wildman–Crippen LogP) is 1.39. The van der Waals surface area contributed by atoms with E-state index in [1.807, 2.05) is 27.8 Å². The number of fused-ring (bicyclic) bond motifs is 1. The van der Waals surface area contributed by atoms with E-state index < -0.39 is 5.60 Å². The van der Waals surface area contributed by atoms with Crippen LogP contribution >= 0.6 is 0 Å². The summed E-state index contributed by atoms with van der Waals surface area (Å²) in [6.07, 6.45) is 1.46. The van der Waals surface area contributed by atoms with Crippen LogP contribution in [0, 0.1) is 0 Å². The van der Waals surface area contributed by atoms with Crippen molar-refractivity contribution in [3.05, 3.63) is 6.20 Å². The first-order valence-electron chi connectivity index (χ1n) is 8.35. The highest BCUT2D eigenvalue weighted by atomic mass is 16.6. The lowest BCUT2D eigenvalue weighted by atomic mass is 10.1. The molecule has 9 heteroatoms. The molecule has 136 valence electrons. The zero-order valence-corrected chi connectivity index (χ0v) is 15.4. The standard InChI is InChI=1S/C16H25N7O2/c1-10-9-22(15(24)25-16(2,3)4)6-7-23(10)13-11-8-18-21(5)12(11)19-14(17)20-13/h8,10H,6-7,9H2,1-5H3,(H2,17,19,20)/t10-/m0/s1. The van der Waals surface area contributed by atoms with E-state index in [0.717, 1.165) is 11.2 Å². The van der Waals surface area contributed by atoms with Gasteiger partial charge in [-0.25, -0.2) is 4.79 Å². The Kier molecular flexibility index (Phi) is 4.18. The molecule has 1 saturated heterocycles. The summed E-state index contributed by atoms with van der Waals surface area (Å²) in [6, 6.07) is 0.0685. The highest BCUT2D eigenvalue weighted by Gasteiger charge is 2.31. The molecule has 2 aromatic rings. The first-order valence-corrected chi connectivity index (χ1v) is 8.35. The number of nitrogens with two attached hydrogens (primary N) is 1. The van der Waals surface area contributed by atoms with Gasteiger partial charge in [0.1, 0.15) is 11.4 Å². The second-order valence-corrected chi connectivity index (χ2v) is 7.38. The molecule has 0 aromatic carbocycles. The van der Waals surface area contributed by atoms with Crippen LogP contribution in [0.25, 0.3) is 11.0 Å². The summed E-state index contributed by atoms with van der Waals surface area (Å²) in [4.78, 5) is 24.9. The molecule has 25 heavy (non-hydrogen) atoms. The maximum atomic E-state index is 12.3. The monoisotopic (exact) mass is 347 g/mol. The van der Waals surface area contributed by atoms with Crippen molar-refractivity contribution in [1.29, 1.82) is 0 Å². The largest absolute Gasteiger partial charge is 0.444 e. The van der Waals surface area contributed by atoms with E-state index in [2.05, 4.69) is 26.9 Å². The van der Waals surface area contributed by atoms with Gasteiger partial charge in [0.25, 0.3) is 0 Å². The Morgan fingerprint density at radius 1 is 1.32 bits per heavy atom. The summed E-state index contributed by atoms with van der Waals surface area (Å²) in [6.45, 7) is 9.41. The highest BCUT2D eigenvalue weighted by molar-refractivity contribution is 5.88. The van der Waals surface area contributed by atoms with Gasteiger partial charge >= 0.3 is 6.09 Å². The summed E-state index contributed by atoms with van der Waals surface area (Å²) >= 11 is 0. The summed E-state index contributed by atoms with van der Waals surface area (Å²) in [7, 11) is 1.82. The number of aryl methyl sites for hydroxylation is 1. The molecule has 1 amide bonds. The van der Waals surface area contributed by atoms with Crippen LogP contribution < -0.4 is 10.6 Å². The molecule has 3 rings (SSSR count). The van der Waals surface area contributed by atoms with E-state index in [1.54, 1.807) is 15.8 Å². The second-order valence-electron chi connectivity index (χ2n) is 7.38. The molecule has 1 aliphatic rings. The minimum atomic E-state index is -0.500. The molecule has 0 spiro atoms. The number of nitrogen functional groups attached to an aromatic ring is 1. The fourth-order valence-corrected chi connectivity index (χ4v) is 3.01. The average molecular weight is 347 g/mol. The van der Waals surface area contributed by atoms with Gasteiger partial charge in [0.05, 0.1) is 11.6 Å². The van der Waals surface area contributed by atoms with E-state index >= 15 is 0 Å². The van der Waals surface area contributed by atoms with Gasteiger partial charge in [-0.3, -0.25) is 4.68 Å². The van der Waals surface area contributed by atoms with E-state index in [9.17, 15) is 4.79 Å². The highest BCUT2D eigenvalue weighted by Crippen LogP contribution is 2.27. The molecule has 3 heterocycles. The van der Waals surface area contributed by atoms with Crippen molar-refractivity contribution in [2.75, 3.05) is 30.3 Å². The number of piperazine rings is 1. The van der Waals surface area contributed by atoms with Crippen LogP contribution in [0.1, 0.15) is 27.7 Å². The third-order valence-electron chi connectivity index (χ3n) is 4.14. The molecule has 0 bridgehead atoms. The third-order valence-corrected chi connectivity index (χ3v) is 4.14. The third kappa shape index (κ3) is 3.45. The maximum absolute atomic E-state index is 12.3. The zero-order chi connectivity index (χ0) is 18.4. The maximum Gasteiger partial charge on any atom is 0.410 e. The average Bonchev–Trinajstić information content (AvgIpc) is 2.86. The minimum absolute atomic E-state index is 0.0685. The first kappa shape index (κ1) is 17.2. The second kappa shape index (κ2) is 6.05. The topological polar surface area (TPSA) is 102 Å². The van der Waals surface area contributed by atoms with Gasteiger partial charge in [-0.1, -0.05) is 0 Å². The van der Waals surface area contributed by atoms with E-state index in [1.165, 1.54) is 0 Å². The van der Waals surface area contributed by atoms with Crippen LogP contribution in [0.2, 0.25) is 0 Å². The first-order chi connectivity index (χ1) is 11.7. The fourth-order valence-electron chi connectivity index (χ4n) is 3.01. The molecule has 1 fully saturated rings. The van der Waals surface area contributed by atoms with Crippen LogP contribution in [0.15, 0.2) is 6.20 Å². The van der Waals surface area contributed by atoms with Crippen LogP contribution in [0.3, 0.4) is 0 Å². The quantitative estimate of drug-likeness (QED) is 0.831. The Labute approximate surface area is 146 Å². The number of hydrogen-bond donors (Lipinski definition) is 1. The van der Waals surface area contributed by atoms with Crippen molar-refractivity contribution >= 4 is 28.9 Å². The number of hydrogen-bond acceptors (Lipinski definition) is 7. The van der Waals surface area contributed by atoms with Crippen LogP contribution in [0.4, 0.5) is 16.6 Å². The van der Waals surface area contributed by atoms with Crippen LogP contribution in [-0.4, -0.2) is 62.0 Å². The van der Waals surface area contributed by atoms with Crippen LogP contribution in [-0.2, 0) is 11.8 Å². The van der Waals surface area contributed by atoms with Crippen molar-refractivity contribution < 1.29 is 9.53 Å². The minimum Gasteiger partial charge on any atom is -0.444 e. The smallest absolute Gasteiger partial charge is 0.410 e. The lowest BCUT2D eigenvalue weighted by molar-refractivity contribution is 0.0218. The molecular weight excluding hydrogens is 322 g/mol. The number of aromatic nitrogens is 4. The van der Waals surface area contributed by atoms with E-state index in [0.29, 0.717) is 25.3 Å². The van der Waals surface area contributed by atoms with Crippen molar-refractivity contribution in [1.82, 2.24) is 24.6 Å². The summed E-state index contributed by atoms with van der Waals surface area (Å²) in [5.74, 6) is 0.972. The number of amides is 1. The summed E-state index contributed by atoms with van der Waals surface area (Å²) in [5.41, 5.74) is 6.07. The van der Waals surface area contributed by atoms with Gasteiger partial charge in [-0.15, -0.1) is 0 Å². The van der Waals surface area contributed by atoms with E-state index in [4.69, 9.17) is 10.5 Å². The number of rotatable bonds is 1. The van der Waals surface area contributed by atoms with Crippen molar-refractivity contribution in [3.8, 4) is 0 Å². The van der Waals surface area contributed by atoms with Gasteiger partial charge in [0.15, 0.2) is 5.65 Å². The van der Waals surface area contributed by atoms with Gasteiger partial charge in [0, 0.05) is 32.7 Å². The Balaban J connectivity index is 1.82. The Bertz CT molecular complexity index is 796. The van der Waals surface area contributed by atoms with Gasteiger partial charge < -0.3 is 20.3 Å².